The van der Waals surface area contributed by atoms with E-state index in [1.165, 1.54) is 23.5 Å². The van der Waals surface area contributed by atoms with Gasteiger partial charge >= 0.3 is 0 Å². The zero-order valence-corrected chi connectivity index (χ0v) is 16.3. The predicted molar refractivity (Wildman–Crippen MR) is 105 cm³/mol. The number of carbonyl (C=O) groups is 2. The van der Waals surface area contributed by atoms with Gasteiger partial charge in [0.1, 0.15) is 5.82 Å². The van der Waals surface area contributed by atoms with E-state index in [-0.39, 0.29) is 30.1 Å². The first-order chi connectivity index (χ1) is 14.1. The van der Waals surface area contributed by atoms with Crippen LogP contribution in [0.15, 0.2) is 45.6 Å². The zero-order valence-electron chi connectivity index (χ0n) is 15.5. The summed E-state index contributed by atoms with van der Waals surface area (Å²) < 4.78 is 18.8. The molecule has 1 aromatic carbocycles. The molecule has 7 nitrogen and oxygen atoms in total. The first-order valence-corrected chi connectivity index (χ1v) is 10.2. The molecule has 9 heteroatoms. The number of aromatic nitrogens is 2. The van der Waals surface area contributed by atoms with Crippen molar-refractivity contribution in [2.24, 2.45) is 0 Å². The van der Waals surface area contributed by atoms with E-state index >= 15 is 0 Å². The van der Waals surface area contributed by atoms with Crippen LogP contribution in [0.4, 0.5) is 4.39 Å². The highest BCUT2D eigenvalue weighted by atomic mass is 32.1. The molecule has 29 heavy (non-hydrogen) atoms. The second kappa shape index (κ2) is 8.52. The molecule has 150 valence electrons. The van der Waals surface area contributed by atoms with Crippen LogP contribution in [-0.4, -0.2) is 46.5 Å². The number of likely N-dealkylation sites (tertiary alicyclic amines) is 1. The number of nitrogens with one attached hydrogen (secondary N) is 1. The first kappa shape index (κ1) is 19.3. The van der Waals surface area contributed by atoms with Crippen molar-refractivity contribution in [3.8, 4) is 11.4 Å². The number of nitrogens with zero attached hydrogens (tertiary/aromatic N) is 3. The van der Waals surface area contributed by atoms with Gasteiger partial charge in [-0.05, 0) is 36.4 Å². The molecule has 3 heterocycles. The lowest BCUT2D eigenvalue weighted by Gasteiger charge is -2.31. The number of hydrogen-bond acceptors (Lipinski definition) is 6. The second-order valence-electron chi connectivity index (χ2n) is 6.84. The summed E-state index contributed by atoms with van der Waals surface area (Å²) in [5.74, 6) is -0.106. The van der Waals surface area contributed by atoms with E-state index in [0.29, 0.717) is 35.9 Å². The van der Waals surface area contributed by atoms with Crippen LogP contribution in [0.2, 0.25) is 0 Å². The van der Waals surface area contributed by atoms with Crippen LogP contribution in [-0.2, 0) is 4.79 Å². The van der Waals surface area contributed by atoms with E-state index in [0.717, 1.165) is 12.8 Å². The molecule has 0 saturated carbocycles. The van der Waals surface area contributed by atoms with Gasteiger partial charge in [-0.15, -0.1) is 0 Å². The Bertz CT molecular complexity index is 1000. The molecule has 0 bridgehead atoms. The van der Waals surface area contributed by atoms with Crippen molar-refractivity contribution in [1.82, 2.24) is 20.4 Å². The Kier molecular flexibility index (Phi) is 5.66. The topological polar surface area (TPSA) is 88.3 Å². The summed E-state index contributed by atoms with van der Waals surface area (Å²) in [4.78, 5) is 30.6. The lowest BCUT2D eigenvalue weighted by Crippen LogP contribution is -2.44. The quantitative estimate of drug-likeness (QED) is 0.693. The predicted octanol–water partition coefficient (Wildman–Crippen LogP) is 3.07. The maximum atomic E-state index is 13.4. The minimum atomic E-state index is -0.368. The molecule has 3 aromatic rings. The summed E-state index contributed by atoms with van der Waals surface area (Å²) >= 11 is 1.43. The molecule has 1 fully saturated rings. The monoisotopic (exact) mass is 414 g/mol. The Morgan fingerprint density at radius 3 is 3.03 bits per heavy atom. The number of benzene rings is 1. The van der Waals surface area contributed by atoms with Crippen LogP contribution in [0.5, 0.6) is 0 Å². The maximum absolute atomic E-state index is 13.4. The fourth-order valence-corrected chi connectivity index (χ4v) is 3.95. The third-order valence-corrected chi connectivity index (χ3v) is 5.51. The van der Waals surface area contributed by atoms with Crippen molar-refractivity contribution in [2.45, 2.75) is 18.8 Å². The van der Waals surface area contributed by atoms with Gasteiger partial charge in [-0.3, -0.25) is 9.59 Å². The van der Waals surface area contributed by atoms with Crippen LogP contribution < -0.4 is 5.32 Å². The third kappa shape index (κ3) is 4.51. The fraction of sp³-hybridized carbons (Fsp3) is 0.300. The first-order valence-electron chi connectivity index (χ1n) is 9.28. The summed E-state index contributed by atoms with van der Waals surface area (Å²) in [6.07, 6.45) is 1.61. The van der Waals surface area contributed by atoms with E-state index in [4.69, 9.17) is 4.52 Å². The van der Waals surface area contributed by atoms with Crippen molar-refractivity contribution in [1.29, 1.82) is 0 Å². The molecule has 2 aromatic heterocycles. The van der Waals surface area contributed by atoms with Crippen molar-refractivity contribution < 1.29 is 18.5 Å². The highest BCUT2D eigenvalue weighted by molar-refractivity contribution is 7.08. The molecule has 1 N–H and O–H groups in total. The van der Waals surface area contributed by atoms with E-state index < -0.39 is 0 Å². The molecule has 1 aliphatic heterocycles. The molecule has 1 atom stereocenters. The van der Waals surface area contributed by atoms with Crippen LogP contribution in [0.3, 0.4) is 0 Å². The second-order valence-corrected chi connectivity index (χ2v) is 7.62. The molecule has 2 amide bonds. The zero-order chi connectivity index (χ0) is 20.2. The standard InChI is InChI=1S/C20H19FN4O3S/c21-16-5-1-3-13(9-16)18-23-20(28-24-18)14-4-2-7-25(11-14)17(26)10-22-19(27)15-6-8-29-12-15/h1,3,5-6,8-9,12,14H,2,4,7,10-11H2,(H,22,27). The molecule has 1 aliphatic rings. The smallest absolute Gasteiger partial charge is 0.252 e. The van der Waals surface area contributed by atoms with Crippen molar-refractivity contribution in [2.75, 3.05) is 19.6 Å². The van der Waals surface area contributed by atoms with E-state index in [1.807, 2.05) is 5.38 Å². The van der Waals surface area contributed by atoms with Gasteiger partial charge in [0.05, 0.1) is 12.5 Å². The molecular formula is C20H19FN4O3S. The van der Waals surface area contributed by atoms with Gasteiger partial charge in [0.15, 0.2) is 0 Å². The number of rotatable bonds is 5. The maximum Gasteiger partial charge on any atom is 0.252 e. The molecular weight excluding hydrogens is 395 g/mol. The van der Waals surface area contributed by atoms with Gasteiger partial charge < -0.3 is 14.7 Å². The highest BCUT2D eigenvalue weighted by Crippen LogP contribution is 2.27. The Balaban J connectivity index is 1.37. The molecule has 0 spiro atoms. The summed E-state index contributed by atoms with van der Waals surface area (Å²) in [5, 5.41) is 10.2. The van der Waals surface area contributed by atoms with Gasteiger partial charge in [-0.25, -0.2) is 4.39 Å². The Morgan fingerprint density at radius 2 is 2.24 bits per heavy atom. The fourth-order valence-electron chi connectivity index (χ4n) is 3.31. The third-order valence-electron chi connectivity index (χ3n) is 4.83. The van der Waals surface area contributed by atoms with E-state index in [1.54, 1.807) is 28.5 Å². The summed E-state index contributed by atoms with van der Waals surface area (Å²) in [6.45, 7) is 1.01. The molecule has 1 unspecified atom stereocenters. The molecule has 1 saturated heterocycles. The SMILES string of the molecule is O=C(NCC(=O)N1CCCC(c2nc(-c3cccc(F)c3)no2)C1)c1ccsc1. The van der Waals surface area contributed by atoms with E-state index in [9.17, 15) is 14.0 Å². The Labute approximate surface area is 170 Å². The van der Waals surface area contributed by atoms with E-state index in [2.05, 4.69) is 15.5 Å². The number of thiophene rings is 1. The molecule has 0 radical (unpaired) electrons. The number of halogens is 1. The van der Waals surface area contributed by atoms with Crippen molar-refractivity contribution in [3.63, 3.8) is 0 Å². The number of carbonyl (C=O) groups excluding carboxylic acids is 2. The summed E-state index contributed by atoms with van der Waals surface area (Å²) in [6, 6.07) is 7.72. The minimum Gasteiger partial charge on any atom is -0.343 e. The molecule has 0 aliphatic carbocycles. The number of piperidine rings is 1. The Morgan fingerprint density at radius 1 is 1.34 bits per heavy atom. The highest BCUT2D eigenvalue weighted by Gasteiger charge is 2.29. The number of hydrogen-bond donors (Lipinski definition) is 1. The average molecular weight is 414 g/mol. The van der Waals surface area contributed by atoms with Crippen LogP contribution in [0.25, 0.3) is 11.4 Å². The van der Waals surface area contributed by atoms with Crippen molar-refractivity contribution >= 4 is 23.2 Å². The largest absolute Gasteiger partial charge is 0.343 e. The normalized spacial score (nSPS) is 16.6. The summed E-state index contributed by atoms with van der Waals surface area (Å²) in [7, 11) is 0. The lowest BCUT2D eigenvalue weighted by molar-refractivity contribution is -0.131. The summed E-state index contributed by atoms with van der Waals surface area (Å²) in [5.41, 5.74) is 1.09. The van der Waals surface area contributed by atoms with Crippen LogP contribution >= 0.6 is 11.3 Å². The van der Waals surface area contributed by atoms with Gasteiger partial charge in [-0.1, -0.05) is 17.3 Å². The number of amides is 2. The van der Waals surface area contributed by atoms with Gasteiger partial charge in [-0.2, -0.15) is 16.3 Å². The Hall–Kier alpha value is -3.07. The lowest BCUT2D eigenvalue weighted by atomic mass is 9.98. The minimum absolute atomic E-state index is 0.0558. The van der Waals surface area contributed by atoms with Crippen molar-refractivity contribution in [3.05, 3.63) is 58.4 Å². The van der Waals surface area contributed by atoms with Gasteiger partial charge in [0.25, 0.3) is 5.91 Å². The molecule has 4 rings (SSSR count). The average Bonchev–Trinajstić information content (AvgIpc) is 3.44. The van der Waals surface area contributed by atoms with Gasteiger partial charge in [0.2, 0.25) is 17.6 Å². The van der Waals surface area contributed by atoms with Gasteiger partial charge in [0, 0.05) is 29.6 Å². The van der Waals surface area contributed by atoms with Crippen LogP contribution in [0, 0.1) is 5.82 Å². The van der Waals surface area contributed by atoms with Crippen LogP contribution in [0.1, 0.15) is 35.0 Å².